The van der Waals surface area contributed by atoms with Gasteiger partial charge in [-0.25, -0.2) is 4.98 Å². The predicted molar refractivity (Wildman–Crippen MR) is 87.4 cm³/mol. The Morgan fingerprint density at radius 3 is 2.55 bits per heavy atom. The number of aryl methyl sites for hydroxylation is 1. The van der Waals surface area contributed by atoms with E-state index in [9.17, 15) is 4.79 Å². The van der Waals surface area contributed by atoms with Gasteiger partial charge in [-0.15, -0.1) is 0 Å². The van der Waals surface area contributed by atoms with Gasteiger partial charge in [0.15, 0.2) is 0 Å². The van der Waals surface area contributed by atoms with Crippen LogP contribution in [0.5, 0.6) is 0 Å². The van der Waals surface area contributed by atoms with Crippen molar-refractivity contribution in [3.05, 3.63) is 5.82 Å². The molecule has 0 aliphatic carbocycles. The standard InChI is InChI=1S/C14H24N6OS/c1-12-16-14(22-17-12)20-10-8-18(9-11-20)5-2-13(21)19-6-3-15-4-7-19/h15H,2-11H2,1H3. The van der Waals surface area contributed by atoms with E-state index in [0.717, 1.165) is 69.9 Å². The fourth-order valence-corrected chi connectivity index (χ4v) is 3.63. The molecule has 0 atom stereocenters. The van der Waals surface area contributed by atoms with E-state index in [2.05, 4.69) is 24.5 Å². The summed E-state index contributed by atoms with van der Waals surface area (Å²) < 4.78 is 4.24. The third-order valence-corrected chi connectivity index (χ3v) is 5.14. The van der Waals surface area contributed by atoms with Gasteiger partial charge < -0.3 is 15.1 Å². The average Bonchev–Trinajstić information content (AvgIpc) is 3.00. The van der Waals surface area contributed by atoms with Crippen molar-refractivity contribution in [2.45, 2.75) is 13.3 Å². The summed E-state index contributed by atoms with van der Waals surface area (Å²) >= 11 is 1.47. The molecule has 22 heavy (non-hydrogen) atoms. The zero-order chi connectivity index (χ0) is 15.4. The average molecular weight is 324 g/mol. The zero-order valence-electron chi connectivity index (χ0n) is 13.1. The summed E-state index contributed by atoms with van der Waals surface area (Å²) in [4.78, 5) is 23.3. The predicted octanol–water partition coefficient (Wildman–Crippen LogP) is -0.210. The highest BCUT2D eigenvalue weighted by atomic mass is 32.1. The molecule has 1 aromatic heterocycles. The molecule has 3 heterocycles. The van der Waals surface area contributed by atoms with Crippen LogP contribution in [-0.2, 0) is 4.79 Å². The van der Waals surface area contributed by atoms with E-state index in [1.54, 1.807) is 0 Å². The molecule has 0 radical (unpaired) electrons. The Bertz CT molecular complexity index is 493. The van der Waals surface area contributed by atoms with Crippen LogP contribution in [0.15, 0.2) is 0 Å². The lowest BCUT2D eigenvalue weighted by Crippen LogP contribution is -2.49. The number of piperazine rings is 2. The third kappa shape index (κ3) is 3.93. The Hall–Kier alpha value is -1.25. The van der Waals surface area contributed by atoms with Crippen molar-refractivity contribution in [3.8, 4) is 0 Å². The largest absolute Gasteiger partial charge is 0.344 e. The molecular weight excluding hydrogens is 300 g/mol. The number of anilines is 1. The molecule has 3 rings (SSSR count). The molecule has 0 spiro atoms. The van der Waals surface area contributed by atoms with E-state index in [1.165, 1.54) is 11.5 Å². The molecule has 0 saturated carbocycles. The minimum atomic E-state index is 0.295. The number of aromatic nitrogens is 2. The lowest BCUT2D eigenvalue weighted by atomic mass is 10.2. The Morgan fingerprint density at radius 1 is 1.18 bits per heavy atom. The zero-order valence-corrected chi connectivity index (χ0v) is 13.9. The van der Waals surface area contributed by atoms with E-state index in [-0.39, 0.29) is 0 Å². The summed E-state index contributed by atoms with van der Waals surface area (Å²) in [6, 6.07) is 0. The summed E-state index contributed by atoms with van der Waals surface area (Å²) in [6.07, 6.45) is 0.637. The van der Waals surface area contributed by atoms with E-state index in [4.69, 9.17) is 0 Å². The van der Waals surface area contributed by atoms with E-state index in [0.29, 0.717) is 12.3 Å². The van der Waals surface area contributed by atoms with Crippen molar-refractivity contribution in [1.29, 1.82) is 0 Å². The van der Waals surface area contributed by atoms with Crippen LogP contribution in [0.2, 0.25) is 0 Å². The molecule has 1 amide bonds. The maximum Gasteiger partial charge on any atom is 0.223 e. The Labute approximate surface area is 135 Å². The second-order valence-electron chi connectivity index (χ2n) is 5.83. The van der Waals surface area contributed by atoms with Crippen LogP contribution < -0.4 is 10.2 Å². The van der Waals surface area contributed by atoms with Gasteiger partial charge in [-0.3, -0.25) is 9.69 Å². The summed E-state index contributed by atoms with van der Waals surface area (Å²) in [7, 11) is 0. The molecule has 0 aromatic carbocycles. The highest BCUT2D eigenvalue weighted by molar-refractivity contribution is 7.09. The van der Waals surface area contributed by atoms with E-state index >= 15 is 0 Å². The number of hydrogen-bond acceptors (Lipinski definition) is 7. The lowest BCUT2D eigenvalue weighted by Gasteiger charge is -2.35. The Morgan fingerprint density at radius 2 is 1.91 bits per heavy atom. The molecule has 0 bridgehead atoms. The van der Waals surface area contributed by atoms with Crippen LogP contribution in [0, 0.1) is 6.92 Å². The van der Waals surface area contributed by atoms with Gasteiger partial charge in [0.2, 0.25) is 11.0 Å². The lowest BCUT2D eigenvalue weighted by molar-refractivity contribution is -0.132. The third-order valence-electron chi connectivity index (χ3n) is 4.27. The molecule has 2 fully saturated rings. The van der Waals surface area contributed by atoms with Crippen molar-refractivity contribution < 1.29 is 4.79 Å². The van der Waals surface area contributed by atoms with Crippen LogP contribution in [0.3, 0.4) is 0 Å². The highest BCUT2D eigenvalue weighted by Crippen LogP contribution is 2.18. The first-order valence-electron chi connectivity index (χ1n) is 7.98. The number of carbonyl (C=O) groups is 1. The number of nitrogens with one attached hydrogen (secondary N) is 1. The monoisotopic (exact) mass is 324 g/mol. The number of rotatable bonds is 4. The van der Waals surface area contributed by atoms with Gasteiger partial charge in [0, 0.05) is 76.9 Å². The highest BCUT2D eigenvalue weighted by Gasteiger charge is 2.21. The first kappa shape index (κ1) is 15.6. The van der Waals surface area contributed by atoms with Gasteiger partial charge in [-0.1, -0.05) is 0 Å². The van der Waals surface area contributed by atoms with Crippen LogP contribution in [0.1, 0.15) is 12.2 Å². The van der Waals surface area contributed by atoms with Crippen molar-refractivity contribution in [3.63, 3.8) is 0 Å². The van der Waals surface area contributed by atoms with E-state index in [1.807, 2.05) is 11.8 Å². The fraction of sp³-hybridized carbons (Fsp3) is 0.786. The molecular formula is C14H24N6OS. The molecule has 122 valence electrons. The molecule has 1 N–H and O–H groups in total. The number of amides is 1. The molecule has 1 aromatic rings. The first-order chi connectivity index (χ1) is 10.7. The second kappa shape index (κ2) is 7.34. The second-order valence-corrected chi connectivity index (χ2v) is 6.56. The summed E-state index contributed by atoms with van der Waals surface area (Å²) in [5.41, 5.74) is 0. The van der Waals surface area contributed by atoms with Gasteiger partial charge in [0.1, 0.15) is 5.82 Å². The van der Waals surface area contributed by atoms with Crippen LogP contribution >= 0.6 is 11.5 Å². The number of nitrogens with zero attached hydrogens (tertiary/aromatic N) is 5. The van der Waals surface area contributed by atoms with Gasteiger partial charge >= 0.3 is 0 Å². The summed E-state index contributed by atoms with van der Waals surface area (Å²) in [6.45, 7) is 10.3. The minimum absolute atomic E-state index is 0.295. The van der Waals surface area contributed by atoms with Gasteiger partial charge in [0.05, 0.1) is 0 Å². The summed E-state index contributed by atoms with van der Waals surface area (Å²) in [5.74, 6) is 1.15. The fourth-order valence-electron chi connectivity index (χ4n) is 2.90. The van der Waals surface area contributed by atoms with Crippen LogP contribution in [0.4, 0.5) is 5.13 Å². The molecule has 2 aliphatic rings. The first-order valence-corrected chi connectivity index (χ1v) is 8.76. The van der Waals surface area contributed by atoms with Gasteiger partial charge in [0.25, 0.3) is 0 Å². The van der Waals surface area contributed by atoms with Crippen LogP contribution in [0.25, 0.3) is 0 Å². The maximum atomic E-state index is 12.2. The number of hydrogen-bond donors (Lipinski definition) is 1. The van der Waals surface area contributed by atoms with Crippen LogP contribution in [-0.4, -0.2) is 84.0 Å². The van der Waals surface area contributed by atoms with Crippen molar-refractivity contribution in [2.75, 3.05) is 63.8 Å². The quantitative estimate of drug-likeness (QED) is 0.827. The smallest absolute Gasteiger partial charge is 0.223 e. The van der Waals surface area contributed by atoms with Gasteiger partial charge in [-0.05, 0) is 6.92 Å². The van der Waals surface area contributed by atoms with Crippen molar-refractivity contribution in [1.82, 2.24) is 24.5 Å². The molecule has 7 nitrogen and oxygen atoms in total. The minimum Gasteiger partial charge on any atom is -0.344 e. The van der Waals surface area contributed by atoms with Crippen molar-refractivity contribution >= 4 is 22.6 Å². The van der Waals surface area contributed by atoms with Crippen molar-refractivity contribution in [2.24, 2.45) is 0 Å². The molecule has 0 unspecified atom stereocenters. The van der Waals surface area contributed by atoms with Gasteiger partial charge in [-0.2, -0.15) is 4.37 Å². The SMILES string of the molecule is Cc1nsc(N2CCN(CCC(=O)N3CCNCC3)CC2)n1. The maximum absolute atomic E-state index is 12.2. The Balaban J connectivity index is 1.39. The molecule has 8 heteroatoms. The normalized spacial score (nSPS) is 20.4. The summed E-state index contributed by atoms with van der Waals surface area (Å²) in [5, 5.41) is 4.30. The van der Waals surface area contributed by atoms with E-state index < -0.39 is 0 Å². The number of carbonyl (C=O) groups excluding carboxylic acids is 1. The molecule has 2 aliphatic heterocycles. The topological polar surface area (TPSA) is 64.6 Å². The molecule has 2 saturated heterocycles. The Kier molecular flexibility index (Phi) is 5.22.